The first kappa shape index (κ1) is 20.4. The number of aromatic nitrogens is 2. The number of anilines is 1. The monoisotopic (exact) mass is 424 g/mol. The molecule has 1 saturated heterocycles. The first-order valence-electron chi connectivity index (χ1n) is 11.4. The maximum Gasteiger partial charge on any atom is 0.130 e. The number of nitrogens with one attached hydrogen (secondary N) is 1. The smallest absolute Gasteiger partial charge is 0.130 e. The summed E-state index contributed by atoms with van der Waals surface area (Å²) in [4.78, 5) is 12.8. The van der Waals surface area contributed by atoms with Gasteiger partial charge < -0.3 is 14.8 Å². The fraction of sp³-hybridized carbons (Fsp3) is 0.480. The van der Waals surface area contributed by atoms with Gasteiger partial charge in [-0.25, -0.2) is 13.8 Å². The van der Waals surface area contributed by atoms with Gasteiger partial charge in [-0.05, 0) is 82.9 Å². The van der Waals surface area contributed by atoms with E-state index < -0.39 is 0 Å². The highest BCUT2D eigenvalue weighted by Gasteiger charge is 2.34. The molecule has 0 spiro atoms. The quantitative estimate of drug-likeness (QED) is 0.598. The largest absolute Gasteiger partial charge is 0.361 e. The van der Waals surface area contributed by atoms with Gasteiger partial charge >= 0.3 is 0 Å². The molecular formula is C25H30F2N4. The topological polar surface area (TPSA) is 35.2 Å². The van der Waals surface area contributed by atoms with Crippen molar-refractivity contribution in [3.05, 3.63) is 58.9 Å². The van der Waals surface area contributed by atoms with Crippen molar-refractivity contribution in [3.63, 3.8) is 0 Å². The number of rotatable bonds is 5. The van der Waals surface area contributed by atoms with Gasteiger partial charge in [-0.2, -0.15) is 0 Å². The van der Waals surface area contributed by atoms with Crippen LogP contribution in [-0.2, 0) is 6.42 Å². The molecule has 5 rings (SSSR count). The van der Waals surface area contributed by atoms with E-state index in [4.69, 9.17) is 4.98 Å². The normalized spacial score (nSPS) is 20.0. The van der Waals surface area contributed by atoms with Crippen molar-refractivity contribution in [2.75, 3.05) is 31.6 Å². The lowest BCUT2D eigenvalue weighted by Gasteiger charge is -2.30. The number of halogens is 2. The highest BCUT2D eigenvalue weighted by atomic mass is 19.1. The lowest BCUT2D eigenvalue weighted by molar-refractivity contribution is 0.210. The molecule has 1 atom stereocenters. The first-order valence-corrected chi connectivity index (χ1v) is 11.4. The third kappa shape index (κ3) is 3.82. The van der Waals surface area contributed by atoms with Crippen molar-refractivity contribution in [2.45, 2.75) is 45.1 Å². The number of hydrogen-bond donors (Lipinski definition) is 1. The summed E-state index contributed by atoms with van der Waals surface area (Å²) in [7, 11) is 2.19. The van der Waals surface area contributed by atoms with Crippen LogP contribution in [0.15, 0.2) is 30.3 Å². The summed E-state index contributed by atoms with van der Waals surface area (Å²) in [6, 6.07) is 8.50. The van der Waals surface area contributed by atoms with Crippen molar-refractivity contribution >= 4 is 16.7 Å². The molecule has 0 saturated carbocycles. The molecule has 2 aliphatic rings. The summed E-state index contributed by atoms with van der Waals surface area (Å²) < 4.78 is 28.6. The van der Waals surface area contributed by atoms with E-state index in [1.807, 2.05) is 6.07 Å². The standard InChI is InChI=1S/C25H30F2N4/c1-16-19(26)8-9-21-24(16)29-25(28-21)23-15-18-20(27)6-3-7-22(18)31(23)12-4-5-17-10-13-30(2)14-11-17/h3,6-9,17,23H,4-5,10-15H2,1-2H3,(H,28,29). The predicted octanol–water partition coefficient (Wildman–Crippen LogP) is 5.38. The molecule has 4 nitrogen and oxygen atoms in total. The Morgan fingerprint density at radius 2 is 1.90 bits per heavy atom. The molecular weight excluding hydrogens is 394 g/mol. The van der Waals surface area contributed by atoms with Crippen molar-refractivity contribution in [3.8, 4) is 0 Å². The zero-order valence-corrected chi connectivity index (χ0v) is 18.3. The Bertz CT molecular complexity index is 1080. The van der Waals surface area contributed by atoms with Crippen molar-refractivity contribution < 1.29 is 8.78 Å². The minimum Gasteiger partial charge on any atom is -0.361 e. The van der Waals surface area contributed by atoms with Gasteiger partial charge in [-0.1, -0.05) is 6.07 Å². The van der Waals surface area contributed by atoms with Crippen LogP contribution in [0, 0.1) is 24.5 Å². The molecule has 0 bridgehead atoms. The zero-order valence-electron chi connectivity index (χ0n) is 18.3. The number of fused-ring (bicyclic) bond motifs is 2. The van der Waals surface area contributed by atoms with Crippen LogP contribution in [0.4, 0.5) is 14.5 Å². The van der Waals surface area contributed by atoms with E-state index in [0.717, 1.165) is 41.5 Å². The van der Waals surface area contributed by atoms with E-state index in [2.05, 4.69) is 21.8 Å². The average Bonchev–Trinajstić information content (AvgIpc) is 3.35. The molecule has 0 radical (unpaired) electrons. The number of nitrogens with zero attached hydrogens (tertiary/aromatic N) is 3. The summed E-state index contributed by atoms with van der Waals surface area (Å²) in [5.74, 6) is 1.17. The lowest BCUT2D eigenvalue weighted by Crippen LogP contribution is -2.31. The molecule has 6 heteroatoms. The third-order valence-corrected chi connectivity index (χ3v) is 7.20. The van der Waals surface area contributed by atoms with Crippen LogP contribution in [0.1, 0.15) is 48.7 Å². The summed E-state index contributed by atoms with van der Waals surface area (Å²) in [6.45, 7) is 4.99. The molecule has 1 unspecified atom stereocenters. The first-order chi connectivity index (χ1) is 15.0. The highest BCUT2D eigenvalue weighted by Crippen LogP contribution is 2.41. The number of H-pyrrole nitrogens is 1. The van der Waals surface area contributed by atoms with Crippen molar-refractivity contribution in [1.29, 1.82) is 0 Å². The van der Waals surface area contributed by atoms with Crippen molar-refractivity contribution in [2.24, 2.45) is 5.92 Å². The molecule has 3 aromatic rings. The summed E-state index contributed by atoms with van der Waals surface area (Å²) in [6.07, 6.45) is 5.39. The number of aromatic amines is 1. The van der Waals surface area contributed by atoms with E-state index in [0.29, 0.717) is 17.5 Å². The van der Waals surface area contributed by atoms with Gasteiger partial charge in [0.2, 0.25) is 0 Å². The van der Waals surface area contributed by atoms with Crippen LogP contribution >= 0.6 is 0 Å². The molecule has 3 heterocycles. The minimum atomic E-state index is -0.249. The second kappa shape index (κ2) is 8.23. The predicted molar refractivity (Wildman–Crippen MR) is 120 cm³/mol. The molecule has 31 heavy (non-hydrogen) atoms. The number of hydrogen-bond acceptors (Lipinski definition) is 3. The second-order valence-corrected chi connectivity index (χ2v) is 9.23. The Hall–Kier alpha value is -2.47. The van der Waals surface area contributed by atoms with Crippen LogP contribution in [0.25, 0.3) is 11.0 Å². The van der Waals surface area contributed by atoms with E-state index in [-0.39, 0.29) is 17.7 Å². The van der Waals surface area contributed by atoms with E-state index in [9.17, 15) is 8.78 Å². The number of piperidine rings is 1. The van der Waals surface area contributed by atoms with Gasteiger partial charge in [0.15, 0.2) is 0 Å². The zero-order chi connectivity index (χ0) is 21.5. The molecule has 2 aromatic carbocycles. The fourth-order valence-corrected chi connectivity index (χ4v) is 5.28. The van der Waals surface area contributed by atoms with Crippen LogP contribution in [0.5, 0.6) is 0 Å². The number of likely N-dealkylation sites (tertiary alicyclic amines) is 1. The van der Waals surface area contributed by atoms with Crippen LogP contribution in [0.3, 0.4) is 0 Å². The molecule has 0 amide bonds. The summed E-state index contributed by atoms with van der Waals surface area (Å²) >= 11 is 0. The Kier molecular flexibility index (Phi) is 5.42. The number of benzene rings is 2. The van der Waals surface area contributed by atoms with Gasteiger partial charge in [0.05, 0.1) is 17.1 Å². The third-order valence-electron chi connectivity index (χ3n) is 7.20. The molecule has 0 aliphatic carbocycles. The number of imidazole rings is 1. The van der Waals surface area contributed by atoms with Crippen molar-refractivity contribution in [1.82, 2.24) is 14.9 Å². The fourth-order valence-electron chi connectivity index (χ4n) is 5.28. The molecule has 1 fully saturated rings. The van der Waals surface area contributed by atoms with Gasteiger partial charge in [-0.3, -0.25) is 0 Å². The lowest BCUT2D eigenvalue weighted by atomic mass is 9.92. The maximum atomic E-state index is 14.6. The molecule has 1 N–H and O–H groups in total. The second-order valence-electron chi connectivity index (χ2n) is 9.23. The van der Waals surface area contributed by atoms with Crippen LogP contribution in [0.2, 0.25) is 0 Å². The highest BCUT2D eigenvalue weighted by molar-refractivity contribution is 5.79. The van der Waals surface area contributed by atoms with E-state index >= 15 is 0 Å². The van der Waals surface area contributed by atoms with Crippen LogP contribution in [-0.4, -0.2) is 41.5 Å². The Morgan fingerprint density at radius 1 is 1.10 bits per heavy atom. The van der Waals surface area contributed by atoms with E-state index in [1.54, 1.807) is 19.1 Å². The van der Waals surface area contributed by atoms with Crippen LogP contribution < -0.4 is 4.90 Å². The number of aryl methyl sites for hydroxylation is 1. The Labute approximate surface area is 182 Å². The van der Waals surface area contributed by atoms with Gasteiger partial charge in [0.1, 0.15) is 17.5 Å². The SMILES string of the molecule is Cc1c(F)ccc2[nH]c(C3Cc4c(F)cccc4N3CCCC3CCN(C)CC3)nc12. The van der Waals surface area contributed by atoms with Gasteiger partial charge in [0, 0.05) is 29.8 Å². The van der Waals surface area contributed by atoms with Gasteiger partial charge in [0.25, 0.3) is 0 Å². The Morgan fingerprint density at radius 3 is 2.71 bits per heavy atom. The van der Waals surface area contributed by atoms with Gasteiger partial charge in [-0.15, -0.1) is 0 Å². The summed E-state index contributed by atoms with van der Waals surface area (Å²) in [5.41, 5.74) is 3.77. The minimum absolute atomic E-state index is 0.0562. The molecule has 2 aliphatic heterocycles. The summed E-state index contributed by atoms with van der Waals surface area (Å²) in [5, 5.41) is 0. The average molecular weight is 425 g/mol. The Balaban J connectivity index is 1.39. The molecule has 1 aromatic heterocycles. The van der Waals surface area contributed by atoms with E-state index in [1.165, 1.54) is 44.5 Å². The molecule has 164 valence electrons. The maximum absolute atomic E-state index is 14.6.